The highest BCUT2D eigenvalue weighted by Crippen LogP contribution is 2.29. The lowest BCUT2D eigenvalue weighted by Gasteiger charge is -2.27. The molecule has 0 saturated heterocycles. The lowest BCUT2D eigenvalue weighted by atomic mass is 9.83. The first-order valence-electron chi connectivity index (χ1n) is 6.89. The Labute approximate surface area is 129 Å². The largest absolute Gasteiger partial charge is 0.389 e. The molecule has 1 aromatic rings. The minimum absolute atomic E-state index is 0.451. The van der Waals surface area contributed by atoms with E-state index in [2.05, 4.69) is 34.2 Å². The van der Waals surface area contributed by atoms with E-state index in [-0.39, 0.29) is 0 Å². The number of rotatable bonds is 4. The summed E-state index contributed by atoms with van der Waals surface area (Å²) in [5.41, 5.74) is 7.74. The standard InChI is InChI=1S/C15H21BrN2S/c1-10-2-4-11(5-3-10)9-18-14-8-12(16)6-7-13(14)15(17)19/h6-8,10-11,18H,2-5,9H2,1H3,(H2,17,19). The predicted octanol–water partition coefficient (Wildman–Crippen LogP) is 4.32. The summed E-state index contributed by atoms with van der Waals surface area (Å²) >= 11 is 8.60. The van der Waals surface area contributed by atoms with Crippen LogP contribution in [-0.4, -0.2) is 11.5 Å². The van der Waals surface area contributed by atoms with Gasteiger partial charge in [-0.1, -0.05) is 47.9 Å². The van der Waals surface area contributed by atoms with Crippen LogP contribution in [0.2, 0.25) is 0 Å². The normalized spacial score (nSPS) is 23.1. The van der Waals surface area contributed by atoms with Gasteiger partial charge in [0.15, 0.2) is 0 Å². The third-order valence-corrected chi connectivity index (χ3v) is 4.68. The average Bonchev–Trinajstić information content (AvgIpc) is 2.38. The van der Waals surface area contributed by atoms with Gasteiger partial charge in [-0.2, -0.15) is 0 Å². The van der Waals surface area contributed by atoms with E-state index in [0.717, 1.165) is 34.1 Å². The van der Waals surface area contributed by atoms with Crippen molar-refractivity contribution in [3.63, 3.8) is 0 Å². The maximum absolute atomic E-state index is 5.77. The summed E-state index contributed by atoms with van der Waals surface area (Å²) in [6.45, 7) is 3.36. The van der Waals surface area contributed by atoms with Gasteiger partial charge in [-0.05, 0) is 42.9 Å². The Kier molecular flexibility index (Phi) is 5.22. The molecule has 3 N–H and O–H groups in total. The van der Waals surface area contributed by atoms with Gasteiger partial charge in [0.1, 0.15) is 4.99 Å². The molecule has 1 aliphatic carbocycles. The van der Waals surface area contributed by atoms with Crippen molar-refractivity contribution in [3.05, 3.63) is 28.2 Å². The molecule has 1 aromatic carbocycles. The second-order valence-electron chi connectivity index (χ2n) is 5.56. The molecule has 1 saturated carbocycles. The lowest BCUT2D eigenvalue weighted by Crippen LogP contribution is -2.21. The smallest absolute Gasteiger partial charge is 0.106 e. The third-order valence-electron chi connectivity index (χ3n) is 3.96. The number of thiocarbonyl (C=S) groups is 1. The molecule has 0 unspecified atom stereocenters. The number of hydrogen-bond acceptors (Lipinski definition) is 2. The van der Waals surface area contributed by atoms with Crippen LogP contribution in [0.25, 0.3) is 0 Å². The van der Waals surface area contributed by atoms with Crippen molar-refractivity contribution < 1.29 is 0 Å². The molecule has 19 heavy (non-hydrogen) atoms. The molecule has 0 bridgehead atoms. The molecular weight excluding hydrogens is 320 g/mol. The maximum atomic E-state index is 5.77. The molecule has 104 valence electrons. The summed E-state index contributed by atoms with van der Waals surface area (Å²) in [5.74, 6) is 1.67. The van der Waals surface area contributed by atoms with E-state index in [1.807, 2.05) is 12.1 Å². The monoisotopic (exact) mass is 340 g/mol. The molecule has 0 aromatic heterocycles. The summed E-state index contributed by atoms with van der Waals surface area (Å²) in [6, 6.07) is 6.00. The zero-order valence-electron chi connectivity index (χ0n) is 11.3. The highest BCUT2D eigenvalue weighted by molar-refractivity contribution is 9.10. The van der Waals surface area contributed by atoms with Crippen LogP contribution in [-0.2, 0) is 0 Å². The topological polar surface area (TPSA) is 38.0 Å². The first-order valence-corrected chi connectivity index (χ1v) is 8.09. The number of halogens is 1. The zero-order chi connectivity index (χ0) is 13.8. The van der Waals surface area contributed by atoms with Crippen LogP contribution in [0.5, 0.6) is 0 Å². The Bertz CT molecular complexity index is 453. The van der Waals surface area contributed by atoms with Crippen LogP contribution < -0.4 is 11.1 Å². The van der Waals surface area contributed by atoms with Crippen LogP contribution in [0, 0.1) is 11.8 Å². The quantitative estimate of drug-likeness (QED) is 0.801. The molecule has 0 aliphatic heterocycles. The van der Waals surface area contributed by atoms with E-state index in [1.165, 1.54) is 25.7 Å². The molecule has 4 heteroatoms. The zero-order valence-corrected chi connectivity index (χ0v) is 13.7. The second-order valence-corrected chi connectivity index (χ2v) is 6.92. The van der Waals surface area contributed by atoms with Gasteiger partial charge in [-0.15, -0.1) is 0 Å². The highest BCUT2D eigenvalue weighted by Gasteiger charge is 2.18. The number of nitrogens with two attached hydrogens (primary N) is 1. The Morgan fingerprint density at radius 3 is 2.68 bits per heavy atom. The molecule has 2 nitrogen and oxygen atoms in total. The van der Waals surface area contributed by atoms with E-state index in [1.54, 1.807) is 0 Å². The Morgan fingerprint density at radius 2 is 2.05 bits per heavy atom. The summed E-state index contributed by atoms with van der Waals surface area (Å²) in [7, 11) is 0. The fourth-order valence-corrected chi connectivity index (χ4v) is 3.20. The fraction of sp³-hybridized carbons (Fsp3) is 0.533. The summed E-state index contributed by atoms with van der Waals surface area (Å²) < 4.78 is 1.05. The Morgan fingerprint density at radius 1 is 1.37 bits per heavy atom. The van der Waals surface area contributed by atoms with Gasteiger partial charge in [0, 0.05) is 22.3 Å². The van der Waals surface area contributed by atoms with Crippen LogP contribution >= 0.6 is 28.1 Å². The highest BCUT2D eigenvalue weighted by atomic mass is 79.9. The van der Waals surface area contributed by atoms with E-state index >= 15 is 0 Å². The van der Waals surface area contributed by atoms with Gasteiger partial charge in [0.25, 0.3) is 0 Å². The van der Waals surface area contributed by atoms with Crippen molar-refractivity contribution in [1.29, 1.82) is 0 Å². The summed E-state index contributed by atoms with van der Waals surface area (Å²) in [6.07, 6.45) is 5.36. The second kappa shape index (κ2) is 6.71. The van der Waals surface area contributed by atoms with Gasteiger partial charge in [0.05, 0.1) is 0 Å². The van der Waals surface area contributed by atoms with Crippen LogP contribution in [0.3, 0.4) is 0 Å². The number of benzene rings is 1. The van der Waals surface area contributed by atoms with E-state index in [4.69, 9.17) is 18.0 Å². The first-order chi connectivity index (χ1) is 9.06. The third kappa shape index (κ3) is 4.18. The Balaban J connectivity index is 1.98. The van der Waals surface area contributed by atoms with E-state index in [0.29, 0.717) is 4.99 Å². The molecule has 0 spiro atoms. The fourth-order valence-electron chi connectivity index (χ4n) is 2.67. The summed E-state index contributed by atoms with van der Waals surface area (Å²) in [5, 5.41) is 3.52. The molecule has 0 amide bonds. The van der Waals surface area contributed by atoms with Crippen molar-refractivity contribution in [1.82, 2.24) is 0 Å². The number of anilines is 1. The minimum atomic E-state index is 0.451. The molecular formula is C15H21BrN2S. The van der Waals surface area contributed by atoms with Gasteiger partial charge < -0.3 is 11.1 Å². The van der Waals surface area contributed by atoms with Gasteiger partial charge >= 0.3 is 0 Å². The molecule has 0 radical (unpaired) electrons. The van der Waals surface area contributed by atoms with Gasteiger partial charge in [-0.3, -0.25) is 0 Å². The van der Waals surface area contributed by atoms with Crippen molar-refractivity contribution in [3.8, 4) is 0 Å². The molecule has 0 atom stereocenters. The SMILES string of the molecule is CC1CCC(CNc2cc(Br)ccc2C(N)=S)CC1. The molecule has 0 heterocycles. The summed E-state index contributed by atoms with van der Waals surface area (Å²) in [4.78, 5) is 0.451. The van der Waals surface area contributed by atoms with Gasteiger partial charge in [-0.25, -0.2) is 0 Å². The molecule has 1 aliphatic rings. The Hall–Kier alpha value is -0.610. The van der Waals surface area contributed by atoms with Crippen molar-refractivity contribution in [2.45, 2.75) is 32.6 Å². The van der Waals surface area contributed by atoms with Gasteiger partial charge in [0.2, 0.25) is 0 Å². The number of hydrogen-bond donors (Lipinski definition) is 2. The van der Waals surface area contributed by atoms with Crippen molar-refractivity contribution in [2.75, 3.05) is 11.9 Å². The van der Waals surface area contributed by atoms with E-state index in [9.17, 15) is 0 Å². The van der Waals surface area contributed by atoms with Crippen LogP contribution in [0.15, 0.2) is 22.7 Å². The molecule has 1 fully saturated rings. The average molecular weight is 341 g/mol. The predicted molar refractivity (Wildman–Crippen MR) is 89.6 cm³/mol. The number of nitrogens with one attached hydrogen (secondary N) is 1. The minimum Gasteiger partial charge on any atom is -0.389 e. The first kappa shape index (κ1) is 14.8. The van der Waals surface area contributed by atoms with Crippen LogP contribution in [0.4, 0.5) is 5.69 Å². The lowest BCUT2D eigenvalue weighted by molar-refractivity contribution is 0.300. The van der Waals surface area contributed by atoms with Crippen LogP contribution in [0.1, 0.15) is 38.2 Å². The maximum Gasteiger partial charge on any atom is 0.106 e. The van der Waals surface area contributed by atoms with E-state index < -0.39 is 0 Å². The molecule has 2 rings (SSSR count). The van der Waals surface area contributed by atoms with Crippen molar-refractivity contribution >= 4 is 38.8 Å². The van der Waals surface area contributed by atoms with Crippen molar-refractivity contribution in [2.24, 2.45) is 17.6 Å².